The molecule has 1 aliphatic heterocycles. The molecule has 0 N–H and O–H groups in total. The van der Waals surface area contributed by atoms with Gasteiger partial charge in [0, 0.05) is 32.6 Å². The summed E-state index contributed by atoms with van der Waals surface area (Å²) in [5, 5.41) is 0. The van der Waals surface area contributed by atoms with Crippen molar-refractivity contribution in [1.82, 2.24) is 9.97 Å². The van der Waals surface area contributed by atoms with E-state index in [0.717, 1.165) is 25.8 Å². The van der Waals surface area contributed by atoms with E-state index in [2.05, 4.69) is 14.9 Å². The summed E-state index contributed by atoms with van der Waals surface area (Å²) in [6.45, 7) is 1.72. The highest BCUT2D eigenvalue weighted by Gasteiger charge is 2.23. The Bertz CT molecular complexity index is 339. The fourth-order valence-corrected chi connectivity index (χ4v) is 1.66. The maximum atomic E-state index is 10.4. The van der Waals surface area contributed by atoms with E-state index in [9.17, 15) is 4.79 Å². The number of anilines is 1. The number of carbonyl (C=O) groups is 1. The van der Waals surface area contributed by atoms with Crippen molar-refractivity contribution in [3.8, 4) is 0 Å². The Balaban J connectivity index is 2.07. The summed E-state index contributed by atoms with van der Waals surface area (Å²) in [4.78, 5) is 20.7. The highest BCUT2D eigenvalue weighted by Crippen LogP contribution is 2.16. The molecule has 0 spiro atoms. The molecule has 1 aromatic heterocycles. The second kappa shape index (κ2) is 4.35. The van der Waals surface area contributed by atoms with Gasteiger partial charge in [0.05, 0.1) is 11.7 Å². The Hall–Kier alpha value is -1.49. The first-order chi connectivity index (χ1) is 7.33. The predicted molar refractivity (Wildman–Crippen MR) is 55.0 cm³/mol. The molecule has 5 heteroatoms. The predicted octanol–water partition coefficient (Wildman–Crippen LogP) is 0.514. The van der Waals surface area contributed by atoms with Crippen LogP contribution in [0, 0.1) is 0 Å². The molecule has 1 aliphatic rings. The van der Waals surface area contributed by atoms with Crippen LogP contribution in [0.25, 0.3) is 0 Å². The first kappa shape index (κ1) is 10.0. The third kappa shape index (κ3) is 2.12. The molecule has 0 bridgehead atoms. The summed E-state index contributed by atoms with van der Waals surface area (Å²) < 4.78 is 5.25. The second-order valence-electron chi connectivity index (χ2n) is 3.53. The van der Waals surface area contributed by atoms with Gasteiger partial charge in [-0.3, -0.25) is 4.79 Å². The number of hydrogen-bond acceptors (Lipinski definition) is 5. The van der Waals surface area contributed by atoms with E-state index in [1.807, 2.05) is 0 Å². The normalized spacial score (nSPS) is 20.6. The molecule has 5 nitrogen and oxygen atoms in total. The first-order valence-electron chi connectivity index (χ1n) is 4.88. The lowest BCUT2D eigenvalue weighted by molar-refractivity contribution is 0.112. The largest absolute Gasteiger partial charge is 0.380 e. The summed E-state index contributed by atoms with van der Waals surface area (Å²) in [5.74, 6) is 0.667. The Labute approximate surface area is 88.1 Å². The van der Waals surface area contributed by atoms with Crippen molar-refractivity contribution in [3.63, 3.8) is 0 Å². The van der Waals surface area contributed by atoms with Gasteiger partial charge in [-0.05, 0) is 6.42 Å². The molecule has 1 fully saturated rings. The molecule has 15 heavy (non-hydrogen) atoms. The smallest absolute Gasteiger partial charge is 0.225 e. The molecule has 2 heterocycles. The number of hydrogen-bond donors (Lipinski definition) is 0. The lowest BCUT2D eigenvalue weighted by Crippen LogP contribution is -2.24. The van der Waals surface area contributed by atoms with Gasteiger partial charge in [0.1, 0.15) is 0 Å². The van der Waals surface area contributed by atoms with Crippen LogP contribution in [0.15, 0.2) is 12.4 Å². The van der Waals surface area contributed by atoms with Gasteiger partial charge in [0.15, 0.2) is 6.29 Å². The van der Waals surface area contributed by atoms with Crippen LogP contribution >= 0.6 is 0 Å². The van der Waals surface area contributed by atoms with Crippen molar-refractivity contribution < 1.29 is 9.53 Å². The molecule has 0 saturated carbocycles. The highest BCUT2D eigenvalue weighted by atomic mass is 16.5. The average molecular weight is 207 g/mol. The van der Waals surface area contributed by atoms with Crippen LogP contribution in [0.3, 0.4) is 0 Å². The molecule has 0 radical (unpaired) electrons. The van der Waals surface area contributed by atoms with Gasteiger partial charge >= 0.3 is 0 Å². The van der Waals surface area contributed by atoms with Crippen LogP contribution in [-0.4, -0.2) is 42.6 Å². The van der Waals surface area contributed by atoms with Crippen molar-refractivity contribution in [2.24, 2.45) is 0 Å². The first-order valence-corrected chi connectivity index (χ1v) is 4.88. The molecule has 80 valence electrons. The van der Waals surface area contributed by atoms with Gasteiger partial charge < -0.3 is 9.64 Å². The van der Waals surface area contributed by atoms with E-state index in [-0.39, 0.29) is 6.10 Å². The Morgan fingerprint density at radius 3 is 2.80 bits per heavy atom. The number of nitrogens with zero attached hydrogens (tertiary/aromatic N) is 3. The number of carbonyl (C=O) groups excluding carboxylic acids is 1. The van der Waals surface area contributed by atoms with Crippen LogP contribution < -0.4 is 4.90 Å². The molecule has 1 aromatic rings. The van der Waals surface area contributed by atoms with Crippen molar-refractivity contribution in [2.75, 3.05) is 25.1 Å². The zero-order chi connectivity index (χ0) is 10.7. The average Bonchev–Trinajstić information content (AvgIpc) is 2.78. The molecule has 0 amide bonds. The zero-order valence-corrected chi connectivity index (χ0v) is 8.59. The minimum atomic E-state index is 0.263. The van der Waals surface area contributed by atoms with E-state index in [1.54, 1.807) is 7.11 Å². The molecule has 1 unspecified atom stereocenters. The maximum absolute atomic E-state index is 10.4. The van der Waals surface area contributed by atoms with Crippen LogP contribution in [0.1, 0.15) is 16.8 Å². The standard InChI is InChI=1S/C10H13N3O2/c1-15-9-2-3-13(6-9)10-11-4-8(7-14)5-12-10/h4-5,7,9H,2-3,6H2,1H3. The summed E-state index contributed by atoms with van der Waals surface area (Å²) in [6.07, 6.45) is 5.07. The van der Waals surface area contributed by atoms with Crippen molar-refractivity contribution >= 4 is 12.2 Å². The number of aromatic nitrogens is 2. The van der Waals surface area contributed by atoms with E-state index in [0.29, 0.717) is 11.5 Å². The van der Waals surface area contributed by atoms with Gasteiger partial charge in [0.25, 0.3) is 0 Å². The number of rotatable bonds is 3. The second-order valence-corrected chi connectivity index (χ2v) is 3.53. The maximum Gasteiger partial charge on any atom is 0.225 e. The van der Waals surface area contributed by atoms with Gasteiger partial charge in [-0.1, -0.05) is 0 Å². The van der Waals surface area contributed by atoms with E-state index < -0.39 is 0 Å². The van der Waals surface area contributed by atoms with Gasteiger partial charge in [-0.15, -0.1) is 0 Å². The monoisotopic (exact) mass is 207 g/mol. The summed E-state index contributed by atoms with van der Waals surface area (Å²) >= 11 is 0. The molecule has 2 rings (SSSR count). The van der Waals surface area contributed by atoms with Crippen molar-refractivity contribution in [3.05, 3.63) is 18.0 Å². The van der Waals surface area contributed by atoms with E-state index in [1.165, 1.54) is 12.4 Å². The number of aldehydes is 1. The Morgan fingerprint density at radius 2 is 2.27 bits per heavy atom. The van der Waals surface area contributed by atoms with Gasteiger partial charge in [0.2, 0.25) is 5.95 Å². The topological polar surface area (TPSA) is 55.3 Å². The molecular formula is C10H13N3O2. The fourth-order valence-electron chi connectivity index (χ4n) is 1.66. The molecule has 1 saturated heterocycles. The lowest BCUT2D eigenvalue weighted by atomic mass is 10.3. The molecule has 0 aromatic carbocycles. The number of methoxy groups -OCH3 is 1. The third-order valence-electron chi connectivity index (χ3n) is 2.56. The molecule has 0 aliphatic carbocycles. The molecule has 1 atom stereocenters. The lowest BCUT2D eigenvalue weighted by Gasteiger charge is -2.15. The Morgan fingerprint density at radius 1 is 1.53 bits per heavy atom. The summed E-state index contributed by atoms with van der Waals surface area (Å²) in [7, 11) is 1.71. The summed E-state index contributed by atoms with van der Waals surface area (Å²) in [6, 6.07) is 0. The zero-order valence-electron chi connectivity index (χ0n) is 8.59. The third-order valence-corrected chi connectivity index (χ3v) is 2.56. The van der Waals surface area contributed by atoms with Crippen molar-refractivity contribution in [1.29, 1.82) is 0 Å². The molecular weight excluding hydrogens is 194 g/mol. The minimum absolute atomic E-state index is 0.263. The fraction of sp³-hybridized carbons (Fsp3) is 0.500. The van der Waals surface area contributed by atoms with E-state index in [4.69, 9.17) is 4.74 Å². The van der Waals surface area contributed by atoms with E-state index >= 15 is 0 Å². The SMILES string of the molecule is COC1CCN(c2ncc(C=O)cn2)C1. The van der Waals surface area contributed by atoms with Crippen LogP contribution in [0.2, 0.25) is 0 Å². The van der Waals surface area contributed by atoms with Crippen molar-refractivity contribution in [2.45, 2.75) is 12.5 Å². The van der Waals surface area contributed by atoms with Gasteiger partial charge in [-0.25, -0.2) is 9.97 Å². The minimum Gasteiger partial charge on any atom is -0.380 e. The van der Waals surface area contributed by atoms with Crippen LogP contribution in [0.5, 0.6) is 0 Å². The number of ether oxygens (including phenoxy) is 1. The van der Waals surface area contributed by atoms with Crippen LogP contribution in [-0.2, 0) is 4.74 Å². The highest BCUT2D eigenvalue weighted by molar-refractivity contribution is 5.73. The van der Waals surface area contributed by atoms with Crippen LogP contribution in [0.4, 0.5) is 5.95 Å². The summed E-state index contributed by atoms with van der Waals surface area (Å²) in [5.41, 5.74) is 0.501. The Kier molecular flexibility index (Phi) is 2.91. The van der Waals surface area contributed by atoms with Gasteiger partial charge in [-0.2, -0.15) is 0 Å². The quantitative estimate of drug-likeness (QED) is 0.676.